The second kappa shape index (κ2) is 10.5. The van der Waals surface area contributed by atoms with Gasteiger partial charge in [-0.1, -0.05) is 12.1 Å². The van der Waals surface area contributed by atoms with Gasteiger partial charge in [0.05, 0.1) is 26.8 Å². The molecular formula is C19H29N3O6. The zero-order valence-corrected chi connectivity index (χ0v) is 16.5. The molecule has 9 nitrogen and oxygen atoms in total. The van der Waals surface area contributed by atoms with Gasteiger partial charge in [-0.15, -0.1) is 0 Å². The summed E-state index contributed by atoms with van der Waals surface area (Å²) in [5.74, 6) is 0.564. The molecule has 2 amide bonds. The standard InChI is InChI=1S/C19H27N3O6.H2/c1-14(23)21-8-9-22(16(11-21)13-28-19(25)27-3)12-18(24)20-10-15-4-6-17(26-2)7-5-15;/h4-7,16H,8-13H2,1-3H3,(H,20,24);1H. The molecule has 0 aromatic heterocycles. The van der Waals surface area contributed by atoms with Crippen molar-refractivity contribution >= 4 is 18.0 Å². The molecule has 156 valence electrons. The molecule has 1 aliphatic heterocycles. The second-order valence-corrected chi connectivity index (χ2v) is 6.48. The van der Waals surface area contributed by atoms with E-state index in [1.165, 1.54) is 14.0 Å². The fraction of sp³-hybridized carbons (Fsp3) is 0.526. The molecular weight excluding hydrogens is 366 g/mol. The van der Waals surface area contributed by atoms with Crippen LogP contribution < -0.4 is 10.1 Å². The summed E-state index contributed by atoms with van der Waals surface area (Å²) in [6.45, 7) is 3.52. The van der Waals surface area contributed by atoms with Gasteiger partial charge in [0.1, 0.15) is 12.4 Å². The molecule has 0 saturated carbocycles. The van der Waals surface area contributed by atoms with Crippen molar-refractivity contribution in [3.8, 4) is 5.75 Å². The van der Waals surface area contributed by atoms with Gasteiger partial charge in [0.25, 0.3) is 0 Å². The molecule has 2 rings (SSSR count). The predicted molar refractivity (Wildman–Crippen MR) is 103 cm³/mol. The molecule has 9 heteroatoms. The number of nitrogens with one attached hydrogen (secondary N) is 1. The fourth-order valence-corrected chi connectivity index (χ4v) is 2.95. The van der Waals surface area contributed by atoms with E-state index in [9.17, 15) is 14.4 Å². The van der Waals surface area contributed by atoms with Crippen LogP contribution in [0, 0.1) is 0 Å². The lowest BCUT2D eigenvalue weighted by molar-refractivity contribution is -0.133. The highest BCUT2D eigenvalue weighted by atomic mass is 16.7. The lowest BCUT2D eigenvalue weighted by Crippen LogP contribution is -2.58. The fourth-order valence-electron chi connectivity index (χ4n) is 2.95. The average molecular weight is 395 g/mol. The highest BCUT2D eigenvalue weighted by Crippen LogP contribution is 2.12. The van der Waals surface area contributed by atoms with E-state index in [2.05, 4.69) is 10.1 Å². The SMILES string of the molecule is COC(=O)OCC1CN(C(C)=O)CCN1CC(=O)NCc1ccc(OC)cc1.[HH]. The average Bonchev–Trinajstić information content (AvgIpc) is 2.71. The molecule has 1 N–H and O–H groups in total. The molecule has 28 heavy (non-hydrogen) atoms. The monoisotopic (exact) mass is 395 g/mol. The number of benzene rings is 1. The molecule has 1 unspecified atom stereocenters. The molecule has 1 saturated heterocycles. The molecule has 0 aliphatic carbocycles. The van der Waals surface area contributed by atoms with Gasteiger partial charge in [-0.05, 0) is 17.7 Å². The van der Waals surface area contributed by atoms with Crippen LogP contribution in [0.3, 0.4) is 0 Å². The van der Waals surface area contributed by atoms with E-state index in [0.717, 1.165) is 11.3 Å². The first-order chi connectivity index (χ1) is 13.4. The number of nitrogens with zero attached hydrogens (tertiary/aromatic N) is 2. The van der Waals surface area contributed by atoms with E-state index in [4.69, 9.17) is 9.47 Å². The minimum Gasteiger partial charge on any atom is -0.497 e. The normalized spacial score (nSPS) is 17.0. The number of carbonyl (C=O) groups is 3. The number of ether oxygens (including phenoxy) is 3. The topological polar surface area (TPSA) is 97.4 Å². The summed E-state index contributed by atoms with van der Waals surface area (Å²) < 4.78 is 14.6. The number of methoxy groups -OCH3 is 2. The summed E-state index contributed by atoms with van der Waals surface area (Å²) in [6, 6.07) is 7.17. The third-order valence-electron chi connectivity index (χ3n) is 4.61. The first kappa shape index (κ1) is 21.5. The van der Waals surface area contributed by atoms with Crippen molar-refractivity contribution in [3.63, 3.8) is 0 Å². The van der Waals surface area contributed by atoms with Gasteiger partial charge in [0.2, 0.25) is 11.8 Å². The Morgan fingerprint density at radius 2 is 1.89 bits per heavy atom. The van der Waals surface area contributed by atoms with Gasteiger partial charge in [-0.25, -0.2) is 4.79 Å². The second-order valence-electron chi connectivity index (χ2n) is 6.48. The number of carbonyl (C=O) groups excluding carboxylic acids is 3. The van der Waals surface area contributed by atoms with Crippen molar-refractivity contribution in [1.29, 1.82) is 0 Å². The Hall–Kier alpha value is -2.81. The molecule has 0 bridgehead atoms. The van der Waals surface area contributed by atoms with E-state index in [1.807, 2.05) is 29.2 Å². The number of piperazine rings is 1. The maximum atomic E-state index is 12.4. The molecule has 1 fully saturated rings. The maximum absolute atomic E-state index is 12.4. The minimum absolute atomic E-state index is 0. The summed E-state index contributed by atoms with van der Waals surface area (Å²) >= 11 is 0. The molecule has 1 aliphatic rings. The minimum atomic E-state index is -0.788. The van der Waals surface area contributed by atoms with E-state index >= 15 is 0 Å². The zero-order chi connectivity index (χ0) is 20.5. The molecule has 1 aromatic rings. The van der Waals surface area contributed by atoms with Gasteiger partial charge >= 0.3 is 6.16 Å². The van der Waals surface area contributed by atoms with Crippen LogP contribution in [0.1, 0.15) is 13.9 Å². The summed E-state index contributed by atoms with van der Waals surface area (Å²) in [4.78, 5) is 38.9. The third-order valence-corrected chi connectivity index (χ3v) is 4.61. The highest BCUT2D eigenvalue weighted by molar-refractivity contribution is 5.78. The van der Waals surface area contributed by atoms with Crippen LogP contribution in [0.4, 0.5) is 4.79 Å². The van der Waals surface area contributed by atoms with Crippen LogP contribution in [0.25, 0.3) is 0 Å². The number of hydrogen-bond acceptors (Lipinski definition) is 7. The van der Waals surface area contributed by atoms with Crippen molar-refractivity contribution in [2.24, 2.45) is 0 Å². The Balaban J connectivity index is 0.00000420. The van der Waals surface area contributed by atoms with E-state index in [-0.39, 0.29) is 32.4 Å². The Morgan fingerprint density at radius 1 is 1.18 bits per heavy atom. The summed E-state index contributed by atoms with van der Waals surface area (Å²) in [5, 5.41) is 2.88. The first-order valence-corrected chi connectivity index (χ1v) is 9.03. The number of hydrogen-bond donors (Lipinski definition) is 1. The molecule has 0 radical (unpaired) electrons. The first-order valence-electron chi connectivity index (χ1n) is 9.03. The molecule has 0 spiro atoms. The Bertz CT molecular complexity index is 685. The Labute approximate surface area is 166 Å². The van der Waals surface area contributed by atoms with E-state index < -0.39 is 6.16 Å². The quantitative estimate of drug-likeness (QED) is 0.684. The van der Waals surface area contributed by atoms with Crippen LogP contribution in [0.15, 0.2) is 24.3 Å². The zero-order valence-electron chi connectivity index (χ0n) is 16.5. The van der Waals surface area contributed by atoms with E-state index in [0.29, 0.717) is 26.2 Å². The maximum Gasteiger partial charge on any atom is 0.508 e. The highest BCUT2D eigenvalue weighted by Gasteiger charge is 2.30. The van der Waals surface area contributed by atoms with Crippen molar-refractivity contribution in [3.05, 3.63) is 29.8 Å². The smallest absolute Gasteiger partial charge is 0.497 e. The van der Waals surface area contributed by atoms with Gasteiger partial charge in [-0.2, -0.15) is 0 Å². The third kappa shape index (κ3) is 6.41. The largest absolute Gasteiger partial charge is 0.508 e. The molecule has 1 heterocycles. The van der Waals surface area contributed by atoms with Gasteiger partial charge in [-0.3, -0.25) is 14.5 Å². The summed E-state index contributed by atoms with van der Waals surface area (Å²) in [7, 11) is 2.83. The van der Waals surface area contributed by atoms with Crippen LogP contribution in [-0.4, -0.2) is 80.8 Å². The van der Waals surface area contributed by atoms with Crippen LogP contribution in [0.2, 0.25) is 0 Å². The lowest BCUT2D eigenvalue weighted by atomic mass is 10.1. The van der Waals surface area contributed by atoms with Crippen molar-refractivity contribution < 1.29 is 30.0 Å². The summed E-state index contributed by atoms with van der Waals surface area (Å²) in [5.41, 5.74) is 0.959. The predicted octanol–water partition coefficient (Wildman–Crippen LogP) is 0.873. The molecule has 1 atom stereocenters. The lowest BCUT2D eigenvalue weighted by Gasteiger charge is -2.40. The van der Waals surface area contributed by atoms with Gasteiger partial charge in [0, 0.05) is 34.5 Å². The Kier molecular flexibility index (Phi) is 8.06. The van der Waals surface area contributed by atoms with Crippen LogP contribution >= 0.6 is 0 Å². The number of amides is 2. The van der Waals surface area contributed by atoms with Crippen molar-refractivity contribution in [2.75, 3.05) is 47.0 Å². The van der Waals surface area contributed by atoms with Crippen LogP contribution in [-0.2, 0) is 25.6 Å². The summed E-state index contributed by atoms with van der Waals surface area (Å²) in [6.07, 6.45) is -0.788. The number of rotatable bonds is 7. The van der Waals surface area contributed by atoms with Gasteiger partial charge < -0.3 is 24.4 Å². The van der Waals surface area contributed by atoms with E-state index in [1.54, 1.807) is 12.0 Å². The Morgan fingerprint density at radius 3 is 2.50 bits per heavy atom. The van der Waals surface area contributed by atoms with Crippen LogP contribution in [0.5, 0.6) is 5.75 Å². The molecule has 1 aromatic carbocycles. The van der Waals surface area contributed by atoms with Gasteiger partial charge in [0.15, 0.2) is 0 Å². The van der Waals surface area contributed by atoms with Crippen molar-refractivity contribution in [1.82, 2.24) is 15.1 Å². The van der Waals surface area contributed by atoms with Crippen molar-refractivity contribution in [2.45, 2.75) is 19.5 Å².